The van der Waals surface area contributed by atoms with Crippen molar-refractivity contribution in [1.82, 2.24) is 5.32 Å². The molecule has 0 aromatic heterocycles. The Labute approximate surface area is 124 Å². The van der Waals surface area contributed by atoms with Gasteiger partial charge in [0.2, 0.25) is 0 Å². The highest BCUT2D eigenvalue weighted by Gasteiger charge is 2.36. The standard InChI is InChI=1S/C15H20N2O2S/c1-2-15(8-5-9-15)17-13(18)10-19-12-7-4-3-6-11(12)14(16)20/h3-4,6-7H,2,5,8-10H2,1H3,(H2,16,20)(H,17,18). The van der Waals surface area contributed by atoms with Crippen molar-refractivity contribution in [2.45, 2.75) is 38.1 Å². The number of thiocarbonyl (C=S) groups is 1. The first-order valence-electron chi connectivity index (χ1n) is 6.89. The summed E-state index contributed by atoms with van der Waals surface area (Å²) in [6, 6.07) is 7.21. The molecule has 0 atom stereocenters. The van der Waals surface area contributed by atoms with Gasteiger partial charge < -0.3 is 15.8 Å². The van der Waals surface area contributed by atoms with Gasteiger partial charge in [0.15, 0.2) is 6.61 Å². The molecule has 1 amide bonds. The van der Waals surface area contributed by atoms with E-state index < -0.39 is 0 Å². The lowest BCUT2D eigenvalue weighted by atomic mass is 9.75. The third-order valence-electron chi connectivity index (χ3n) is 3.90. The summed E-state index contributed by atoms with van der Waals surface area (Å²) in [5.41, 5.74) is 6.27. The van der Waals surface area contributed by atoms with E-state index >= 15 is 0 Å². The molecule has 0 spiro atoms. The van der Waals surface area contributed by atoms with Crippen LogP contribution in [0.5, 0.6) is 5.75 Å². The predicted octanol–water partition coefficient (Wildman–Crippen LogP) is 2.15. The Morgan fingerprint density at radius 2 is 2.15 bits per heavy atom. The van der Waals surface area contributed by atoms with Crippen LogP contribution < -0.4 is 15.8 Å². The summed E-state index contributed by atoms with van der Waals surface area (Å²) < 4.78 is 5.54. The van der Waals surface area contributed by atoms with Crippen LogP contribution >= 0.6 is 12.2 Å². The molecule has 3 N–H and O–H groups in total. The highest BCUT2D eigenvalue weighted by atomic mass is 32.1. The summed E-state index contributed by atoms with van der Waals surface area (Å²) >= 11 is 4.96. The van der Waals surface area contributed by atoms with Crippen molar-refractivity contribution in [3.05, 3.63) is 29.8 Å². The van der Waals surface area contributed by atoms with E-state index in [0.717, 1.165) is 19.3 Å². The smallest absolute Gasteiger partial charge is 0.258 e. The van der Waals surface area contributed by atoms with Crippen molar-refractivity contribution in [1.29, 1.82) is 0 Å². The summed E-state index contributed by atoms with van der Waals surface area (Å²) in [5, 5.41) is 3.07. The third-order valence-corrected chi connectivity index (χ3v) is 4.12. The Morgan fingerprint density at radius 3 is 2.70 bits per heavy atom. The predicted molar refractivity (Wildman–Crippen MR) is 82.8 cm³/mol. The maximum absolute atomic E-state index is 12.0. The molecule has 1 fully saturated rings. The first kappa shape index (κ1) is 14.8. The number of carbonyl (C=O) groups excluding carboxylic acids is 1. The topological polar surface area (TPSA) is 64.3 Å². The Hall–Kier alpha value is -1.62. The summed E-state index contributed by atoms with van der Waals surface area (Å²) in [6.07, 6.45) is 4.25. The Balaban J connectivity index is 1.92. The average Bonchev–Trinajstić information content (AvgIpc) is 2.41. The summed E-state index contributed by atoms with van der Waals surface area (Å²) in [7, 11) is 0. The fourth-order valence-electron chi connectivity index (χ4n) is 2.44. The lowest BCUT2D eigenvalue weighted by Gasteiger charge is -2.41. The van der Waals surface area contributed by atoms with Crippen LogP contribution in [0.1, 0.15) is 38.2 Å². The molecule has 4 nitrogen and oxygen atoms in total. The monoisotopic (exact) mass is 292 g/mol. The largest absolute Gasteiger partial charge is 0.483 e. The fourth-order valence-corrected chi connectivity index (χ4v) is 2.61. The average molecular weight is 292 g/mol. The molecule has 1 aliphatic rings. The number of carbonyl (C=O) groups is 1. The number of rotatable bonds is 6. The van der Waals surface area contributed by atoms with Gasteiger partial charge in [-0.2, -0.15) is 0 Å². The van der Waals surface area contributed by atoms with Crippen LogP contribution in [0.2, 0.25) is 0 Å². The van der Waals surface area contributed by atoms with Crippen molar-refractivity contribution >= 4 is 23.1 Å². The van der Waals surface area contributed by atoms with Gasteiger partial charge in [0.1, 0.15) is 10.7 Å². The molecule has 0 saturated heterocycles. The second-order valence-corrected chi connectivity index (χ2v) is 5.62. The van der Waals surface area contributed by atoms with Crippen LogP contribution in [-0.4, -0.2) is 23.0 Å². The van der Waals surface area contributed by atoms with Gasteiger partial charge in [-0.3, -0.25) is 4.79 Å². The quantitative estimate of drug-likeness (QED) is 0.789. The number of para-hydroxylation sites is 1. The summed E-state index contributed by atoms with van der Waals surface area (Å²) in [6.45, 7) is 2.09. The minimum atomic E-state index is -0.0932. The highest BCUT2D eigenvalue weighted by molar-refractivity contribution is 7.80. The first-order valence-corrected chi connectivity index (χ1v) is 7.30. The lowest BCUT2D eigenvalue weighted by Crippen LogP contribution is -2.54. The molecule has 1 aliphatic carbocycles. The lowest BCUT2D eigenvalue weighted by molar-refractivity contribution is -0.126. The molecule has 2 rings (SSSR count). The van der Waals surface area contributed by atoms with E-state index in [9.17, 15) is 4.79 Å². The van der Waals surface area contributed by atoms with E-state index in [1.54, 1.807) is 12.1 Å². The van der Waals surface area contributed by atoms with E-state index in [1.807, 2.05) is 12.1 Å². The first-order chi connectivity index (χ1) is 9.56. The number of hydrogen-bond acceptors (Lipinski definition) is 3. The van der Waals surface area contributed by atoms with Crippen molar-refractivity contribution < 1.29 is 9.53 Å². The zero-order valence-electron chi connectivity index (χ0n) is 11.6. The minimum Gasteiger partial charge on any atom is -0.483 e. The molecule has 20 heavy (non-hydrogen) atoms. The molecule has 108 valence electrons. The number of amides is 1. The van der Waals surface area contributed by atoms with E-state index in [4.69, 9.17) is 22.7 Å². The molecule has 0 bridgehead atoms. The van der Waals surface area contributed by atoms with E-state index in [0.29, 0.717) is 11.3 Å². The molecule has 0 radical (unpaired) electrons. The van der Waals surface area contributed by atoms with Gasteiger partial charge in [0, 0.05) is 5.54 Å². The van der Waals surface area contributed by atoms with Gasteiger partial charge in [0.25, 0.3) is 5.91 Å². The number of ether oxygens (including phenoxy) is 1. The van der Waals surface area contributed by atoms with Gasteiger partial charge in [-0.1, -0.05) is 31.3 Å². The highest BCUT2D eigenvalue weighted by Crippen LogP contribution is 2.34. The fraction of sp³-hybridized carbons (Fsp3) is 0.467. The number of nitrogens with one attached hydrogen (secondary N) is 1. The number of nitrogens with two attached hydrogens (primary N) is 1. The molecule has 1 aromatic rings. The molecular weight excluding hydrogens is 272 g/mol. The molecule has 0 aliphatic heterocycles. The van der Waals surface area contributed by atoms with Gasteiger partial charge in [-0.15, -0.1) is 0 Å². The number of benzene rings is 1. The van der Waals surface area contributed by atoms with E-state index in [1.165, 1.54) is 6.42 Å². The molecule has 1 saturated carbocycles. The van der Waals surface area contributed by atoms with Crippen LogP contribution in [0, 0.1) is 0 Å². The zero-order chi connectivity index (χ0) is 14.6. The second-order valence-electron chi connectivity index (χ2n) is 5.18. The van der Waals surface area contributed by atoms with Crippen LogP contribution in [0.15, 0.2) is 24.3 Å². The molecular formula is C15H20N2O2S. The Bertz CT molecular complexity index is 507. The molecule has 5 heteroatoms. The van der Waals surface area contributed by atoms with Gasteiger partial charge >= 0.3 is 0 Å². The maximum atomic E-state index is 12.0. The van der Waals surface area contributed by atoms with Gasteiger partial charge in [-0.05, 0) is 37.8 Å². The van der Waals surface area contributed by atoms with Gasteiger partial charge in [0.05, 0.1) is 5.56 Å². The van der Waals surface area contributed by atoms with Crippen LogP contribution in [0.4, 0.5) is 0 Å². The molecule has 1 aromatic carbocycles. The second kappa shape index (κ2) is 6.22. The molecule has 0 unspecified atom stereocenters. The maximum Gasteiger partial charge on any atom is 0.258 e. The summed E-state index contributed by atoms with van der Waals surface area (Å²) in [5.74, 6) is 0.457. The zero-order valence-corrected chi connectivity index (χ0v) is 12.5. The summed E-state index contributed by atoms with van der Waals surface area (Å²) in [4.78, 5) is 12.2. The van der Waals surface area contributed by atoms with Crippen molar-refractivity contribution in [3.63, 3.8) is 0 Å². The van der Waals surface area contributed by atoms with Crippen LogP contribution in [-0.2, 0) is 4.79 Å². The van der Waals surface area contributed by atoms with Crippen molar-refractivity contribution in [3.8, 4) is 5.75 Å². The Kier molecular flexibility index (Phi) is 4.60. The van der Waals surface area contributed by atoms with Crippen LogP contribution in [0.25, 0.3) is 0 Å². The normalized spacial score (nSPS) is 16.1. The molecule has 0 heterocycles. The van der Waals surface area contributed by atoms with E-state index in [2.05, 4.69) is 12.2 Å². The van der Waals surface area contributed by atoms with E-state index in [-0.39, 0.29) is 23.0 Å². The van der Waals surface area contributed by atoms with Crippen LogP contribution in [0.3, 0.4) is 0 Å². The Morgan fingerprint density at radius 1 is 1.45 bits per heavy atom. The van der Waals surface area contributed by atoms with Crippen molar-refractivity contribution in [2.24, 2.45) is 5.73 Å². The third kappa shape index (κ3) is 3.28. The minimum absolute atomic E-state index is 0.0108. The SMILES string of the molecule is CCC1(NC(=O)COc2ccccc2C(N)=S)CCC1. The number of hydrogen-bond donors (Lipinski definition) is 2. The van der Waals surface area contributed by atoms with Gasteiger partial charge in [-0.25, -0.2) is 0 Å². The van der Waals surface area contributed by atoms with Crippen molar-refractivity contribution in [2.75, 3.05) is 6.61 Å².